The number of hydrogen-bond donors (Lipinski definition) is 0. The Kier molecular flexibility index (Phi) is 11.1. The smallest absolute Gasteiger partial charge is 0.234 e. The van der Waals surface area contributed by atoms with Crippen LogP contribution in [0.4, 0.5) is 0 Å². The van der Waals surface area contributed by atoms with Crippen LogP contribution in [-0.2, 0) is 19.5 Å². The van der Waals surface area contributed by atoms with E-state index in [1.165, 1.54) is 89.5 Å². The van der Waals surface area contributed by atoms with E-state index in [1.54, 1.807) is 0 Å². The quantitative estimate of drug-likeness (QED) is 0.309. The van der Waals surface area contributed by atoms with Gasteiger partial charge in [-0.25, -0.2) is 9.13 Å². The van der Waals surface area contributed by atoms with Crippen molar-refractivity contribution in [2.75, 3.05) is 0 Å². The lowest BCUT2D eigenvalue weighted by Gasteiger charge is -2.04. The highest BCUT2D eigenvalue weighted by Crippen LogP contribution is 2.10. The first kappa shape index (κ1) is 19.3. The van der Waals surface area contributed by atoms with E-state index < -0.39 is 0 Å². The Labute approximate surface area is 138 Å². The van der Waals surface area contributed by atoms with Gasteiger partial charge in [0.1, 0.15) is 12.4 Å². The highest BCUT2D eigenvalue weighted by molar-refractivity contribution is 4.83. The third-order valence-corrected chi connectivity index (χ3v) is 4.66. The molecule has 0 radical (unpaired) electrons. The van der Waals surface area contributed by atoms with E-state index in [1.807, 2.05) is 0 Å². The highest BCUT2D eigenvalue weighted by atomic mass is 15.1. The SMILES string of the molecule is CCCCCCCCCCn1cc[n+](CCCCC)c1CC. The summed E-state index contributed by atoms with van der Waals surface area (Å²) in [4.78, 5) is 0. The summed E-state index contributed by atoms with van der Waals surface area (Å²) in [6.45, 7) is 9.26. The lowest BCUT2D eigenvalue weighted by Crippen LogP contribution is -2.37. The van der Waals surface area contributed by atoms with E-state index in [-0.39, 0.29) is 0 Å². The van der Waals surface area contributed by atoms with Crippen LogP contribution in [0.3, 0.4) is 0 Å². The Morgan fingerprint density at radius 2 is 1.36 bits per heavy atom. The van der Waals surface area contributed by atoms with Crippen molar-refractivity contribution >= 4 is 0 Å². The van der Waals surface area contributed by atoms with Gasteiger partial charge < -0.3 is 0 Å². The van der Waals surface area contributed by atoms with Crippen molar-refractivity contribution in [2.45, 2.75) is 111 Å². The van der Waals surface area contributed by atoms with Gasteiger partial charge in [0, 0.05) is 6.42 Å². The molecule has 1 heterocycles. The number of imidazole rings is 1. The van der Waals surface area contributed by atoms with Crippen molar-refractivity contribution in [3.63, 3.8) is 0 Å². The first-order chi connectivity index (χ1) is 10.8. The lowest BCUT2D eigenvalue weighted by atomic mass is 10.1. The fraction of sp³-hybridized carbons (Fsp3) is 0.850. The van der Waals surface area contributed by atoms with Crippen LogP contribution in [0.15, 0.2) is 12.4 Å². The van der Waals surface area contributed by atoms with Crippen LogP contribution in [0.25, 0.3) is 0 Å². The average molecular weight is 308 g/mol. The molecule has 0 amide bonds. The lowest BCUT2D eigenvalue weighted by molar-refractivity contribution is -0.704. The van der Waals surface area contributed by atoms with Gasteiger partial charge in [0.15, 0.2) is 0 Å². The van der Waals surface area contributed by atoms with Crippen molar-refractivity contribution in [2.24, 2.45) is 0 Å². The van der Waals surface area contributed by atoms with E-state index in [4.69, 9.17) is 0 Å². The number of rotatable bonds is 14. The molecule has 0 aliphatic rings. The molecule has 1 aromatic rings. The van der Waals surface area contributed by atoms with Crippen LogP contribution in [0.2, 0.25) is 0 Å². The fourth-order valence-corrected chi connectivity index (χ4v) is 3.26. The van der Waals surface area contributed by atoms with Gasteiger partial charge >= 0.3 is 0 Å². The van der Waals surface area contributed by atoms with Gasteiger partial charge in [-0.1, -0.05) is 65.7 Å². The summed E-state index contributed by atoms with van der Waals surface area (Å²) in [6, 6.07) is 0. The largest absolute Gasteiger partial charge is 0.256 e. The minimum Gasteiger partial charge on any atom is -0.234 e. The van der Waals surface area contributed by atoms with Crippen molar-refractivity contribution in [3.05, 3.63) is 18.2 Å². The van der Waals surface area contributed by atoms with Gasteiger partial charge in [0.05, 0.1) is 13.1 Å². The second kappa shape index (κ2) is 12.7. The normalized spacial score (nSPS) is 11.2. The summed E-state index contributed by atoms with van der Waals surface area (Å²) < 4.78 is 4.96. The molecule has 2 heteroatoms. The maximum Gasteiger partial charge on any atom is 0.256 e. The third kappa shape index (κ3) is 7.47. The molecule has 0 unspecified atom stereocenters. The molecule has 0 spiro atoms. The molecular formula is C20H39N2+. The minimum atomic E-state index is 1.15. The van der Waals surface area contributed by atoms with Crippen molar-refractivity contribution in [1.82, 2.24) is 4.57 Å². The Balaban J connectivity index is 2.22. The zero-order chi connectivity index (χ0) is 16.0. The van der Waals surface area contributed by atoms with Crippen LogP contribution in [-0.4, -0.2) is 4.57 Å². The molecule has 2 nitrogen and oxygen atoms in total. The monoisotopic (exact) mass is 307 g/mol. The minimum absolute atomic E-state index is 1.15. The van der Waals surface area contributed by atoms with Crippen LogP contribution < -0.4 is 4.57 Å². The van der Waals surface area contributed by atoms with Gasteiger partial charge in [-0.05, 0) is 25.7 Å². The molecule has 0 atom stereocenters. The Morgan fingerprint density at radius 1 is 0.773 bits per heavy atom. The predicted octanol–water partition coefficient (Wildman–Crippen LogP) is 5.67. The topological polar surface area (TPSA) is 8.81 Å². The molecule has 0 N–H and O–H groups in total. The van der Waals surface area contributed by atoms with Gasteiger partial charge in [0.2, 0.25) is 0 Å². The average Bonchev–Trinajstić information content (AvgIpc) is 2.92. The van der Waals surface area contributed by atoms with Crippen molar-refractivity contribution < 1.29 is 4.57 Å². The maximum absolute atomic E-state index is 2.49. The van der Waals surface area contributed by atoms with Gasteiger partial charge in [-0.2, -0.15) is 0 Å². The number of hydrogen-bond acceptors (Lipinski definition) is 0. The van der Waals surface area contributed by atoms with Crippen LogP contribution in [0.5, 0.6) is 0 Å². The molecular weight excluding hydrogens is 268 g/mol. The number of aromatic nitrogens is 2. The molecule has 0 fully saturated rings. The maximum atomic E-state index is 2.49. The number of nitrogens with zero attached hydrogens (tertiary/aromatic N) is 2. The molecule has 22 heavy (non-hydrogen) atoms. The van der Waals surface area contributed by atoms with Crippen molar-refractivity contribution in [1.29, 1.82) is 0 Å². The second-order valence-corrected chi connectivity index (χ2v) is 6.64. The first-order valence-electron chi connectivity index (χ1n) is 9.90. The number of aryl methyl sites for hydroxylation is 2. The molecule has 1 aromatic heterocycles. The van der Waals surface area contributed by atoms with Gasteiger partial charge in [-0.15, -0.1) is 0 Å². The summed E-state index contributed by atoms with van der Waals surface area (Å²) >= 11 is 0. The molecule has 0 aromatic carbocycles. The van der Waals surface area contributed by atoms with E-state index >= 15 is 0 Å². The number of unbranched alkanes of at least 4 members (excludes halogenated alkanes) is 9. The zero-order valence-corrected chi connectivity index (χ0v) is 15.4. The highest BCUT2D eigenvalue weighted by Gasteiger charge is 2.14. The van der Waals surface area contributed by atoms with Gasteiger partial charge in [-0.3, -0.25) is 0 Å². The molecule has 0 bridgehead atoms. The van der Waals surface area contributed by atoms with Crippen LogP contribution >= 0.6 is 0 Å². The second-order valence-electron chi connectivity index (χ2n) is 6.64. The molecule has 1 rings (SSSR count). The van der Waals surface area contributed by atoms with Crippen LogP contribution in [0, 0.1) is 0 Å². The standard InChI is InChI=1S/C20H39N2/c1-4-7-9-10-11-12-13-15-17-22-19-18-21(20(22)6-3)16-14-8-5-2/h18-19H,4-17H2,1-3H3/q+1. The molecule has 128 valence electrons. The Bertz CT molecular complexity index is 368. The van der Waals surface area contributed by atoms with Crippen molar-refractivity contribution in [3.8, 4) is 0 Å². The first-order valence-corrected chi connectivity index (χ1v) is 9.90. The van der Waals surface area contributed by atoms with E-state index in [0.717, 1.165) is 6.42 Å². The Hall–Kier alpha value is -0.790. The third-order valence-electron chi connectivity index (χ3n) is 4.66. The Morgan fingerprint density at radius 3 is 2.00 bits per heavy atom. The van der Waals surface area contributed by atoms with Gasteiger partial charge in [0.25, 0.3) is 5.82 Å². The molecule has 0 aliphatic heterocycles. The molecule has 0 aliphatic carbocycles. The van der Waals surface area contributed by atoms with E-state index in [0.29, 0.717) is 0 Å². The fourth-order valence-electron chi connectivity index (χ4n) is 3.26. The predicted molar refractivity (Wildman–Crippen MR) is 96.1 cm³/mol. The summed E-state index contributed by atoms with van der Waals surface area (Å²) in [6.07, 6.45) is 20.9. The zero-order valence-electron chi connectivity index (χ0n) is 15.4. The van der Waals surface area contributed by atoms with Crippen LogP contribution in [0.1, 0.15) is 97.2 Å². The van der Waals surface area contributed by atoms with E-state index in [9.17, 15) is 0 Å². The molecule has 0 saturated heterocycles. The summed E-state index contributed by atoms with van der Waals surface area (Å²) in [5.74, 6) is 1.51. The van der Waals surface area contributed by atoms with E-state index in [2.05, 4.69) is 42.3 Å². The molecule has 0 saturated carbocycles. The summed E-state index contributed by atoms with van der Waals surface area (Å²) in [5.41, 5.74) is 0. The summed E-state index contributed by atoms with van der Waals surface area (Å²) in [5, 5.41) is 0. The summed E-state index contributed by atoms with van der Waals surface area (Å²) in [7, 11) is 0.